The van der Waals surface area contributed by atoms with Crippen molar-refractivity contribution in [3.8, 4) is 0 Å². The molecule has 0 aliphatic rings. The van der Waals surface area contributed by atoms with Crippen LogP contribution in [0.3, 0.4) is 0 Å². The van der Waals surface area contributed by atoms with Gasteiger partial charge in [-0.15, -0.1) is 0 Å². The van der Waals surface area contributed by atoms with E-state index in [1.165, 1.54) is 6.20 Å². The average Bonchev–Trinajstić information content (AvgIpc) is 2.74. The molecule has 82 valence electrons. The van der Waals surface area contributed by atoms with Crippen LogP contribution >= 0.6 is 0 Å². The molecule has 0 atom stereocenters. The molecule has 0 saturated heterocycles. The van der Waals surface area contributed by atoms with Gasteiger partial charge >= 0.3 is 6.03 Å². The van der Waals surface area contributed by atoms with Gasteiger partial charge in [0.1, 0.15) is 5.82 Å². The third kappa shape index (κ3) is 2.57. The maximum atomic E-state index is 11.5. The van der Waals surface area contributed by atoms with Crippen molar-refractivity contribution < 1.29 is 4.79 Å². The van der Waals surface area contributed by atoms with E-state index in [0.717, 1.165) is 5.56 Å². The van der Waals surface area contributed by atoms with Crippen molar-refractivity contribution in [3.05, 3.63) is 36.3 Å². The smallest absolute Gasteiger partial charge is 0.305 e. The van der Waals surface area contributed by atoms with Gasteiger partial charge in [-0.25, -0.2) is 9.78 Å². The van der Waals surface area contributed by atoms with Gasteiger partial charge in [0, 0.05) is 12.4 Å². The molecule has 6 nitrogen and oxygen atoms in total. The van der Waals surface area contributed by atoms with Gasteiger partial charge in [-0.05, 0) is 18.6 Å². The van der Waals surface area contributed by atoms with Crippen LogP contribution in [0.5, 0.6) is 0 Å². The van der Waals surface area contributed by atoms with Crippen molar-refractivity contribution in [2.45, 2.75) is 6.92 Å². The van der Waals surface area contributed by atoms with Crippen LogP contribution in [0.4, 0.5) is 16.3 Å². The average molecular weight is 217 g/mol. The molecule has 2 heterocycles. The lowest BCUT2D eigenvalue weighted by Crippen LogP contribution is -2.19. The highest BCUT2D eigenvalue weighted by molar-refractivity contribution is 5.98. The normalized spacial score (nSPS) is 9.81. The van der Waals surface area contributed by atoms with E-state index in [4.69, 9.17) is 0 Å². The molecule has 6 heteroatoms. The molecular weight excluding hydrogens is 206 g/mol. The van der Waals surface area contributed by atoms with E-state index in [2.05, 4.69) is 25.8 Å². The zero-order valence-electron chi connectivity index (χ0n) is 8.69. The van der Waals surface area contributed by atoms with Crippen LogP contribution in [0.1, 0.15) is 5.56 Å². The van der Waals surface area contributed by atoms with Crippen molar-refractivity contribution in [3.63, 3.8) is 0 Å². The summed E-state index contributed by atoms with van der Waals surface area (Å²) in [7, 11) is 0. The van der Waals surface area contributed by atoms with Crippen molar-refractivity contribution in [1.82, 2.24) is 15.2 Å². The minimum Gasteiger partial charge on any atom is -0.305 e. The fourth-order valence-electron chi connectivity index (χ4n) is 1.14. The van der Waals surface area contributed by atoms with Crippen molar-refractivity contribution in [2.24, 2.45) is 0 Å². The number of hydrogen-bond donors (Lipinski definition) is 3. The summed E-state index contributed by atoms with van der Waals surface area (Å²) in [6.45, 7) is 1.93. The number of carbonyl (C=O) groups excluding carboxylic acids is 1. The van der Waals surface area contributed by atoms with E-state index in [1.807, 2.05) is 13.0 Å². The number of aromatic nitrogens is 3. The summed E-state index contributed by atoms with van der Waals surface area (Å²) >= 11 is 0. The predicted octanol–water partition coefficient (Wildman–Crippen LogP) is 1.76. The zero-order valence-corrected chi connectivity index (χ0v) is 8.69. The van der Waals surface area contributed by atoms with Crippen LogP contribution in [0.15, 0.2) is 30.7 Å². The van der Waals surface area contributed by atoms with Crippen molar-refractivity contribution >= 4 is 17.5 Å². The van der Waals surface area contributed by atoms with E-state index in [1.54, 1.807) is 18.5 Å². The van der Waals surface area contributed by atoms with Gasteiger partial charge in [0.25, 0.3) is 0 Å². The number of hydrogen-bond acceptors (Lipinski definition) is 3. The largest absolute Gasteiger partial charge is 0.324 e. The minimum atomic E-state index is -0.349. The van der Waals surface area contributed by atoms with E-state index in [0.29, 0.717) is 11.5 Å². The molecule has 3 N–H and O–H groups in total. The summed E-state index contributed by atoms with van der Waals surface area (Å²) in [6, 6.07) is 3.27. The lowest BCUT2D eigenvalue weighted by molar-refractivity contribution is 0.262. The first kappa shape index (κ1) is 10.2. The monoisotopic (exact) mass is 217 g/mol. The second-order valence-corrected chi connectivity index (χ2v) is 3.29. The van der Waals surface area contributed by atoms with Crippen LogP contribution in [0.25, 0.3) is 0 Å². The number of anilines is 2. The molecule has 0 spiro atoms. The Hall–Kier alpha value is -2.37. The second-order valence-electron chi connectivity index (χ2n) is 3.29. The number of amides is 2. The molecule has 2 aromatic heterocycles. The molecular formula is C10H11N5O. The summed E-state index contributed by atoms with van der Waals surface area (Å²) in [6.07, 6.45) is 4.79. The topological polar surface area (TPSA) is 82.7 Å². The van der Waals surface area contributed by atoms with Gasteiger partial charge in [-0.3, -0.25) is 10.4 Å². The first-order chi connectivity index (χ1) is 7.74. The highest BCUT2D eigenvalue weighted by atomic mass is 16.2. The van der Waals surface area contributed by atoms with Gasteiger partial charge in [0.15, 0.2) is 0 Å². The Kier molecular flexibility index (Phi) is 2.81. The molecule has 16 heavy (non-hydrogen) atoms. The summed E-state index contributed by atoms with van der Waals surface area (Å²) < 4.78 is 0. The van der Waals surface area contributed by atoms with Gasteiger partial charge in [0.2, 0.25) is 0 Å². The van der Waals surface area contributed by atoms with Gasteiger partial charge in [0.05, 0.1) is 11.9 Å². The first-order valence-electron chi connectivity index (χ1n) is 4.73. The quantitative estimate of drug-likeness (QED) is 0.716. The molecule has 2 rings (SSSR count). The third-order valence-electron chi connectivity index (χ3n) is 1.91. The number of rotatable bonds is 2. The van der Waals surface area contributed by atoms with Crippen LogP contribution in [0, 0.1) is 6.92 Å². The standard InChI is InChI=1S/C10H11N5O/c1-7-2-3-9(11-4-7)15-10(16)14-8-5-12-13-6-8/h2-6H,1H3,(H,12,13)(H2,11,14,15,16). The molecule has 0 bridgehead atoms. The summed E-state index contributed by atoms with van der Waals surface area (Å²) in [4.78, 5) is 15.5. The second kappa shape index (κ2) is 4.43. The van der Waals surface area contributed by atoms with Gasteiger partial charge in [-0.1, -0.05) is 6.07 Å². The molecule has 0 aliphatic heterocycles. The van der Waals surface area contributed by atoms with E-state index in [9.17, 15) is 4.79 Å². The summed E-state index contributed by atoms with van der Waals surface area (Å²) in [5.41, 5.74) is 1.64. The summed E-state index contributed by atoms with van der Waals surface area (Å²) in [5, 5.41) is 11.5. The van der Waals surface area contributed by atoms with Crippen molar-refractivity contribution in [1.29, 1.82) is 0 Å². The summed E-state index contributed by atoms with van der Waals surface area (Å²) in [5.74, 6) is 0.506. The number of urea groups is 1. The Labute approximate surface area is 92.1 Å². The number of nitrogens with one attached hydrogen (secondary N) is 3. The number of aryl methyl sites for hydroxylation is 1. The minimum absolute atomic E-state index is 0.349. The van der Waals surface area contributed by atoms with Gasteiger partial charge < -0.3 is 5.32 Å². The van der Waals surface area contributed by atoms with E-state index in [-0.39, 0.29) is 6.03 Å². The number of H-pyrrole nitrogens is 1. The Morgan fingerprint density at radius 3 is 2.81 bits per heavy atom. The van der Waals surface area contributed by atoms with Crippen molar-refractivity contribution in [2.75, 3.05) is 10.6 Å². The maximum absolute atomic E-state index is 11.5. The highest BCUT2D eigenvalue weighted by Crippen LogP contribution is 2.06. The zero-order chi connectivity index (χ0) is 11.4. The molecule has 0 radical (unpaired) electrons. The van der Waals surface area contributed by atoms with E-state index >= 15 is 0 Å². The predicted molar refractivity (Wildman–Crippen MR) is 60.2 cm³/mol. The SMILES string of the molecule is Cc1ccc(NC(=O)Nc2cn[nH]c2)nc1. The molecule has 2 aromatic rings. The van der Waals surface area contributed by atoms with Crippen LogP contribution in [-0.2, 0) is 0 Å². The van der Waals surface area contributed by atoms with Gasteiger partial charge in [-0.2, -0.15) is 5.10 Å². The fraction of sp³-hybridized carbons (Fsp3) is 0.100. The Morgan fingerprint density at radius 1 is 1.31 bits per heavy atom. The number of pyridine rings is 1. The third-order valence-corrected chi connectivity index (χ3v) is 1.91. The molecule has 0 aliphatic carbocycles. The highest BCUT2D eigenvalue weighted by Gasteiger charge is 2.03. The lowest BCUT2D eigenvalue weighted by atomic mass is 10.3. The van der Waals surface area contributed by atoms with Crippen LogP contribution < -0.4 is 10.6 Å². The lowest BCUT2D eigenvalue weighted by Gasteiger charge is -2.04. The number of aromatic amines is 1. The van der Waals surface area contributed by atoms with Crippen LogP contribution in [0.2, 0.25) is 0 Å². The molecule has 0 unspecified atom stereocenters. The Balaban J connectivity index is 1.95. The molecule has 0 fully saturated rings. The number of nitrogens with zero attached hydrogens (tertiary/aromatic N) is 2. The molecule has 0 aromatic carbocycles. The fourth-order valence-corrected chi connectivity index (χ4v) is 1.14. The number of carbonyl (C=O) groups is 1. The first-order valence-corrected chi connectivity index (χ1v) is 4.73. The molecule has 2 amide bonds. The molecule has 0 saturated carbocycles. The Bertz CT molecular complexity index is 462. The van der Waals surface area contributed by atoms with Crippen LogP contribution in [-0.4, -0.2) is 21.2 Å². The maximum Gasteiger partial charge on any atom is 0.324 e. The van der Waals surface area contributed by atoms with E-state index < -0.39 is 0 Å². The Morgan fingerprint density at radius 2 is 2.19 bits per heavy atom.